The van der Waals surface area contributed by atoms with E-state index in [1.807, 2.05) is 48.5 Å². The van der Waals surface area contributed by atoms with Crippen LogP contribution >= 0.6 is 0 Å². The molecule has 0 unspecified atom stereocenters. The van der Waals surface area contributed by atoms with Gasteiger partial charge in [0.05, 0.1) is 16.8 Å². The molecule has 0 atom stereocenters. The quantitative estimate of drug-likeness (QED) is 0.654. The van der Waals surface area contributed by atoms with Gasteiger partial charge in [-0.05, 0) is 36.8 Å². The third kappa shape index (κ3) is 3.58. The van der Waals surface area contributed by atoms with Crippen LogP contribution in [0.4, 0.5) is 0 Å². The minimum Gasteiger partial charge on any atom is -0.454 e. The van der Waals surface area contributed by atoms with Crippen LogP contribution in [0.3, 0.4) is 0 Å². The molecule has 0 fully saturated rings. The number of unbranched alkanes of at least 4 members (excludes halogenated alkanes) is 2. The van der Waals surface area contributed by atoms with E-state index >= 15 is 0 Å². The first kappa shape index (κ1) is 17.3. The fourth-order valence-electron chi connectivity index (χ4n) is 3.24. The number of para-hydroxylation sites is 1. The van der Waals surface area contributed by atoms with E-state index in [0.29, 0.717) is 17.9 Å². The van der Waals surface area contributed by atoms with Crippen molar-refractivity contribution in [3.8, 4) is 22.8 Å². The van der Waals surface area contributed by atoms with Crippen LogP contribution in [0.25, 0.3) is 22.2 Å². The van der Waals surface area contributed by atoms with Gasteiger partial charge in [0.2, 0.25) is 6.79 Å². The molecule has 5 nitrogen and oxygen atoms in total. The van der Waals surface area contributed by atoms with Gasteiger partial charge in [-0.25, -0.2) is 4.98 Å². The molecule has 3 aromatic rings. The van der Waals surface area contributed by atoms with Gasteiger partial charge in [-0.15, -0.1) is 0 Å². The Morgan fingerprint density at radius 3 is 2.81 bits per heavy atom. The van der Waals surface area contributed by atoms with E-state index in [9.17, 15) is 4.79 Å². The number of carbonyl (C=O) groups excluding carboxylic acids is 1. The second-order valence-electron chi connectivity index (χ2n) is 6.60. The van der Waals surface area contributed by atoms with Gasteiger partial charge in [0, 0.05) is 17.5 Å². The normalized spacial score (nSPS) is 12.3. The number of aromatic nitrogens is 1. The minimum absolute atomic E-state index is 0.0632. The van der Waals surface area contributed by atoms with Crippen molar-refractivity contribution in [2.24, 2.45) is 0 Å². The number of benzene rings is 2. The van der Waals surface area contributed by atoms with E-state index in [0.717, 1.165) is 47.2 Å². The fourth-order valence-corrected chi connectivity index (χ4v) is 3.24. The third-order valence-electron chi connectivity index (χ3n) is 4.70. The van der Waals surface area contributed by atoms with Crippen LogP contribution in [0, 0.1) is 0 Å². The van der Waals surface area contributed by atoms with Gasteiger partial charge in [0.25, 0.3) is 5.91 Å². The zero-order chi connectivity index (χ0) is 18.6. The summed E-state index contributed by atoms with van der Waals surface area (Å²) in [6.45, 7) is 3.06. The predicted octanol–water partition coefficient (Wildman–Crippen LogP) is 4.55. The van der Waals surface area contributed by atoms with Crippen molar-refractivity contribution in [3.63, 3.8) is 0 Å². The number of nitrogens with one attached hydrogen (secondary N) is 1. The lowest BCUT2D eigenvalue weighted by Crippen LogP contribution is -2.24. The SMILES string of the molecule is CCCCCNC(=O)c1cc(-c2ccc3c(c2)OCO3)nc2ccccc12. The van der Waals surface area contributed by atoms with Gasteiger partial charge in [-0.2, -0.15) is 0 Å². The molecular formula is C22H22N2O3. The summed E-state index contributed by atoms with van der Waals surface area (Å²) in [4.78, 5) is 17.6. The van der Waals surface area contributed by atoms with Gasteiger partial charge in [-0.1, -0.05) is 38.0 Å². The zero-order valence-corrected chi connectivity index (χ0v) is 15.3. The van der Waals surface area contributed by atoms with Crippen molar-refractivity contribution < 1.29 is 14.3 Å². The summed E-state index contributed by atoms with van der Waals surface area (Å²) in [6, 6.07) is 15.3. The molecule has 0 bridgehead atoms. The van der Waals surface area contributed by atoms with E-state index in [1.54, 1.807) is 0 Å². The Balaban J connectivity index is 1.71. The number of hydrogen-bond acceptors (Lipinski definition) is 4. The lowest BCUT2D eigenvalue weighted by Gasteiger charge is -2.11. The Morgan fingerprint density at radius 2 is 1.93 bits per heavy atom. The summed E-state index contributed by atoms with van der Waals surface area (Å²) < 4.78 is 10.9. The van der Waals surface area contributed by atoms with Crippen LogP contribution < -0.4 is 14.8 Å². The van der Waals surface area contributed by atoms with Crippen LogP contribution in [-0.2, 0) is 0 Å². The first-order valence-electron chi connectivity index (χ1n) is 9.34. The standard InChI is InChI=1S/C22H22N2O3/c1-2-3-6-11-23-22(25)17-13-19(24-18-8-5-4-7-16(17)18)15-9-10-20-21(12-15)27-14-26-20/h4-5,7-10,12-13H,2-3,6,11,14H2,1H3,(H,23,25). The third-order valence-corrected chi connectivity index (χ3v) is 4.70. The van der Waals surface area contributed by atoms with Gasteiger partial charge in [0.15, 0.2) is 11.5 Å². The number of amides is 1. The summed E-state index contributed by atoms with van der Waals surface area (Å²) in [5, 5.41) is 3.89. The molecular weight excluding hydrogens is 340 g/mol. The summed E-state index contributed by atoms with van der Waals surface area (Å²) in [5.74, 6) is 1.37. The van der Waals surface area contributed by atoms with E-state index in [4.69, 9.17) is 14.5 Å². The molecule has 0 aliphatic carbocycles. The highest BCUT2D eigenvalue weighted by molar-refractivity contribution is 6.07. The summed E-state index contributed by atoms with van der Waals surface area (Å²) in [6.07, 6.45) is 3.22. The maximum Gasteiger partial charge on any atom is 0.252 e. The molecule has 1 amide bonds. The molecule has 1 aliphatic heterocycles. The highest BCUT2D eigenvalue weighted by Gasteiger charge is 2.17. The number of hydrogen-bond donors (Lipinski definition) is 1. The molecule has 138 valence electrons. The molecule has 0 radical (unpaired) electrons. The van der Waals surface area contributed by atoms with Crippen molar-refractivity contribution in [2.45, 2.75) is 26.2 Å². The summed E-state index contributed by atoms with van der Waals surface area (Å²) in [5.41, 5.74) is 3.08. The van der Waals surface area contributed by atoms with Crippen molar-refractivity contribution >= 4 is 16.8 Å². The van der Waals surface area contributed by atoms with Crippen LogP contribution in [0.5, 0.6) is 11.5 Å². The highest BCUT2D eigenvalue weighted by Crippen LogP contribution is 2.36. The van der Waals surface area contributed by atoms with Gasteiger partial charge < -0.3 is 14.8 Å². The fraction of sp³-hybridized carbons (Fsp3) is 0.273. The molecule has 0 saturated heterocycles. The number of nitrogens with zero attached hydrogens (tertiary/aromatic N) is 1. The number of fused-ring (bicyclic) bond motifs is 2. The molecule has 4 rings (SSSR count). The molecule has 0 saturated carbocycles. The van der Waals surface area contributed by atoms with Gasteiger partial charge >= 0.3 is 0 Å². The van der Waals surface area contributed by atoms with E-state index in [2.05, 4.69) is 12.2 Å². The average molecular weight is 362 g/mol. The molecule has 1 N–H and O–H groups in total. The Hall–Kier alpha value is -3.08. The molecule has 2 heterocycles. The van der Waals surface area contributed by atoms with Gasteiger partial charge in [-0.3, -0.25) is 4.79 Å². The molecule has 1 aromatic heterocycles. The second kappa shape index (κ2) is 7.66. The van der Waals surface area contributed by atoms with Crippen molar-refractivity contribution in [1.82, 2.24) is 10.3 Å². The predicted molar refractivity (Wildman–Crippen MR) is 105 cm³/mol. The Morgan fingerprint density at radius 1 is 1.07 bits per heavy atom. The maximum absolute atomic E-state index is 12.8. The minimum atomic E-state index is -0.0632. The van der Waals surface area contributed by atoms with E-state index in [1.165, 1.54) is 0 Å². The second-order valence-corrected chi connectivity index (χ2v) is 6.60. The van der Waals surface area contributed by atoms with Gasteiger partial charge in [0.1, 0.15) is 0 Å². The Bertz CT molecular complexity index is 984. The Labute approximate surface area is 158 Å². The maximum atomic E-state index is 12.8. The van der Waals surface area contributed by atoms with E-state index < -0.39 is 0 Å². The topological polar surface area (TPSA) is 60.5 Å². The van der Waals surface area contributed by atoms with E-state index in [-0.39, 0.29) is 12.7 Å². The van der Waals surface area contributed by atoms with Crippen LogP contribution in [0.2, 0.25) is 0 Å². The number of carbonyl (C=O) groups is 1. The highest BCUT2D eigenvalue weighted by atomic mass is 16.7. The van der Waals surface area contributed by atoms with Crippen molar-refractivity contribution in [1.29, 1.82) is 0 Å². The largest absolute Gasteiger partial charge is 0.454 e. The monoisotopic (exact) mass is 362 g/mol. The Kier molecular flexibility index (Phi) is 4.92. The molecule has 5 heteroatoms. The lowest BCUT2D eigenvalue weighted by molar-refractivity contribution is 0.0954. The molecule has 27 heavy (non-hydrogen) atoms. The first-order chi connectivity index (χ1) is 13.3. The van der Waals surface area contributed by atoms with Crippen LogP contribution in [-0.4, -0.2) is 24.2 Å². The number of rotatable bonds is 6. The average Bonchev–Trinajstić information content (AvgIpc) is 3.18. The zero-order valence-electron chi connectivity index (χ0n) is 15.3. The molecule has 0 spiro atoms. The van der Waals surface area contributed by atoms with Crippen LogP contribution in [0.15, 0.2) is 48.5 Å². The summed E-state index contributed by atoms with van der Waals surface area (Å²) in [7, 11) is 0. The van der Waals surface area contributed by atoms with Crippen LogP contribution in [0.1, 0.15) is 36.5 Å². The van der Waals surface area contributed by atoms with Crippen molar-refractivity contribution in [3.05, 3.63) is 54.1 Å². The summed E-state index contributed by atoms with van der Waals surface area (Å²) >= 11 is 0. The lowest BCUT2D eigenvalue weighted by atomic mass is 10.0. The van der Waals surface area contributed by atoms with Crippen molar-refractivity contribution in [2.75, 3.05) is 13.3 Å². The smallest absolute Gasteiger partial charge is 0.252 e. The molecule has 2 aromatic carbocycles. The number of ether oxygens (including phenoxy) is 2. The number of pyridine rings is 1. The first-order valence-corrected chi connectivity index (χ1v) is 9.34. The molecule has 1 aliphatic rings.